The maximum absolute atomic E-state index is 14.5. The van der Waals surface area contributed by atoms with E-state index in [2.05, 4.69) is 19.9 Å². The second-order valence-electron chi connectivity index (χ2n) is 8.16. The molecule has 17 heteroatoms. The van der Waals surface area contributed by atoms with Crippen LogP contribution in [0.2, 0.25) is 5.15 Å². The molecule has 3 heterocycles. The quantitative estimate of drug-likeness (QED) is 0.163. The summed E-state index contributed by atoms with van der Waals surface area (Å²) in [4.78, 5) is 10.7. The Morgan fingerprint density at radius 1 is 1.31 bits per heavy atom. The zero-order chi connectivity index (χ0) is 26.5. The summed E-state index contributed by atoms with van der Waals surface area (Å²) < 4.78 is 102. The van der Waals surface area contributed by atoms with Crippen LogP contribution < -0.4 is 5.32 Å². The predicted molar refractivity (Wildman–Crippen MR) is 121 cm³/mol. The summed E-state index contributed by atoms with van der Waals surface area (Å²) >= 11 is 6.14. The molecular formula is C19H19ClF6N4O4PS+. The molecule has 1 saturated heterocycles. The van der Waals surface area contributed by atoms with Crippen molar-refractivity contribution in [2.24, 2.45) is 0 Å². The van der Waals surface area contributed by atoms with Crippen LogP contribution in [0.1, 0.15) is 37.6 Å². The molecule has 1 aliphatic heterocycles. The van der Waals surface area contributed by atoms with Crippen molar-refractivity contribution in [3.63, 3.8) is 0 Å². The molecule has 0 spiro atoms. The molecular weight excluding hydrogens is 561 g/mol. The molecule has 0 bridgehead atoms. The standard InChI is InChI=1S/C19H18ClF6N4O4PS/c1-10(13-4-3-12(6-15(13)21)36(22,23,24,25)26)28-16-7-17(20)29-19-14(16)8-27-30(19)18-5-2-11(34-18)9-33-35(31)32/h3-4,6-8,10-11,18H,2,5,9H2,1H3,(H-,28,29,31,32)/p+1. The van der Waals surface area contributed by atoms with Crippen LogP contribution in [0.25, 0.3) is 11.0 Å². The summed E-state index contributed by atoms with van der Waals surface area (Å²) in [6, 6.07) is 1.03. The number of aromatic nitrogens is 3. The Kier molecular flexibility index (Phi) is 6.50. The zero-order valence-corrected chi connectivity index (χ0v) is 20.7. The summed E-state index contributed by atoms with van der Waals surface area (Å²) in [5, 5.41) is 7.62. The first-order valence-electron chi connectivity index (χ1n) is 10.3. The van der Waals surface area contributed by atoms with Gasteiger partial charge in [0.25, 0.3) is 0 Å². The van der Waals surface area contributed by atoms with Crippen LogP contribution in [-0.4, -0.2) is 32.4 Å². The van der Waals surface area contributed by atoms with Crippen LogP contribution in [0.5, 0.6) is 0 Å². The lowest BCUT2D eigenvalue weighted by Gasteiger charge is -2.40. The molecule has 0 aliphatic carbocycles. The van der Waals surface area contributed by atoms with E-state index in [4.69, 9.17) is 21.2 Å². The largest absolute Gasteiger partial charge is 0.694 e. The van der Waals surface area contributed by atoms with Gasteiger partial charge < -0.3 is 10.1 Å². The number of pyridine rings is 1. The predicted octanol–water partition coefficient (Wildman–Crippen LogP) is 7.40. The molecule has 4 unspecified atom stereocenters. The smallest absolute Gasteiger partial charge is 0.378 e. The van der Waals surface area contributed by atoms with E-state index in [0.717, 1.165) is 0 Å². The summed E-state index contributed by atoms with van der Waals surface area (Å²) in [6.45, 7) is 1.34. The van der Waals surface area contributed by atoms with Gasteiger partial charge in [-0.2, -0.15) is 5.10 Å². The number of halogens is 7. The zero-order valence-electron chi connectivity index (χ0n) is 18.3. The van der Waals surface area contributed by atoms with E-state index in [0.29, 0.717) is 30.0 Å². The molecule has 2 aromatic heterocycles. The Morgan fingerprint density at radius 2 is 2.03 bits per heavy atom. The monoisotopic (exact) mass is 579 g/mol. The SMILES string of the molecule is CC(Nc1cc(Cl)nc2c1cnn2C1CCC(CO[P+](=O)O)O1)c1ccc(S(F)(F)(F)(F)F)cc1F. The fourth-order valence-corrected chi connectivity index (χ4v) is 5.00. The van der Waals surface area contributed by atoms with Crippen LogP contribution in [0.4, 0.5) is 29.5 Å². The van der Waals surface area contributed by atoms with Crippen LogP contribution in [-0.2, 0) is 13.8 Å². The van der Waals surface area contributed by atoms with E-state index < -0.39 is 47.6 Å². The molecule has 4 rings (SSSR count). The van der Waals surface area contributed by atoms with Gasteiger partial charge >= 0.3 is 18.5 Å². The Labute approximate surface area is 206 Å². The normalized spacial score (nSPS) is 21.8. The Hall–Kier alpha value is -2.16. The lowest BCUT2D eigenvalue weighted by molar-refractivity contribution is -0.0220. The van der Waals surface area contributed by atoms with Gasteiger partial charge in [0.2, 0.25) is 0 Å². The van der Waals surface area contributed by atoms with Crippen molar-refractivity contribution in [2.45, 2.75) is 43.0 Å². The maximum atomic E-state index is 14.5. The first kappa shape index (κ1) is 26.9. The Morgan fingerprint density at radius 3 is 2.67 bits per heavy atom. The number of hydrogen-bond acceptors (Lipinski definition) is 6. The minimum absolute atomic E-state index is 0.0193. The van der Waals surface area contributed by atoms with Gasteiger partial charge in [0.1, 0.15) is 22.5 Å². The minimum atomic E-state index is -10.0. The average Bonchev–Trinajstić information content (AvgIpc) is 3.37. The molecule has 4 atom stereocenters. The topological polar surface area (TPSA) is 98.5 Å². The Balaban J connectivity index is 1.58. The number of hydrogen-bond donors (Lipinski definition) is 2. The van der Waals surface area contributed by atoms with E-state index in [1.807, 2.05) is 0 Å². The summed E-state index contributed by atoms with van der Waals surface area (Å²) in [5.74, 6) is -1.45. The molecule has 0 amide bonds. The summed E-state index contributed by atoms with van der Waals surface area (Å²) in [7, 11) is -12.8. The molecule has 36 heavy (non-hydrogen) atoms. The van der Waals surface area contributed by atoms with E-state index in [1.165, 1.54) is 23.9 Å². The molecule has 198 valence electrons. The summed E-state index contributed by atoms with van der Waals surface area (Å²) in [6.07, 6.45) is 1.41. The molecule has 1 aromatic carbocycles. The van der Waals surface area contributed by atoms with Crippen molar-refractivity contribution < 1.29 is 42.5 Å². The highest BCUT2D eigenvalue weighted by Crippen LogP contribution is 3.02. The van der Waals surface area contributed by atoms with Crippen molar-refractivity contribution in [3.05, 3.63) is 47.0 Å². The number of nitrogens with one attached hydrogen (secondary N) is 1. The number of benzene rings is 1. The second kappa shape index (κ2) is 8.71. The van der Waals surface area contributed by atoms with Gasteiger partial charge in [0.05, 0.1) is 29.4 Å². The van der Waals surface area contributed by atoms with Crippen LogP contribution in [0, 0.1) is 5.82 Å². The maximum Gasteiger partial charge on any atom is 0.694 e. The minimum Gasteiger partial charge on any atom is -0.378 e. The van der Waals surface area contributed by atoms with Crippen molar-refractivity contribution in [3.8, 4) is 0 Å². The highest BCUT2D eigenvalue weighted by atomic mass is 35.5. The van der Waals surface area contributed by atoms with Gasteiger partial charge in [0.15, 0.2) is 11.9 Å². The lowest BCUT2D eigenvalue weighted by Crippen LogP contribution is -2.16. The highest BCUT2D eigenvalue weighted by Gasteiger charge is 2.65. The van der Waals surface area contributed by atoms with Crippen LogP contribution in [0.15, 0.2) is 35.4 Å². The number of anilines is 1. The van der Waals surface area contributed by atoms with Gasteiger partial charge in [-0.15, -0.1) is 9.42 Å². The third kappa shape index (κ3) is 5.87. The molecule has 1 fully saturated rings. The van der Waals surface area contributed by atoms with E-state index >= 15 is 0 Å². The van der Waals surface area contributed by atoms with E-state index in [-0.39, 0.29) is 35.1 Å². The third-order valence-electron chi connectivity index (χ3n) is 5.52. The first-order valence-corrected chi connectivity index (χ1v) is 13.8. The fourth-order valence-electron chi connectivity index (χ4n) is 3.86. The van der Waals surface area contributed by atoms with Gasteiger partial charge in [-0.05, 0) is 38.0 Å². The number of fused-ring (bicyclic) bond motifs is 1. The van der Waals surface area contributed by atoms with Crippen molar-refractivity contribution in [2.75, 3.05) is 11.9 Å². The average molecular weight is 580 g/mol. The molecule has 3 aromatic rings. The molecule has 2 N–H and O–H groups in total. The third-order valence-corrected chi connectivity index (χ3v) is 7.23. The number of nitrogens with zero attached hydrogens (tertiary/aromatic N) is 3. The number of rotatable bonds is 8. The lowest BCUT2D eigenvalue weighted by atomic mass is 10.1. The van der Waals surface area contributed by atoms with Crippen LogP contribution >= 0.6 is 30.1 Å². The summed E-state index contributed by atoms with van der Waals surface area (Å²) in [5.41, 5.74) is 0.321. The van der Waals surface area contributed by atoms with E-state index in [9.17, 15) is 28.4 Å². The van der Waals surface area contributed by atoms with E-state index in [1.54, 1.807) is 0 Å². The van der Waals surface area contributed by atoms with Gasteiger partial charge in [-0.1, -0.05) is 37.1 Å². The van der Waals surface area contributed by atoms with Gasteiger partial charge in [-0.25, -0.2) is 14.1 Å². The van der Waals surface area contributed by atoms with Crippen molar-refractivity contribution >= 4 is 46.8 Å². The molecule has 8 nitrogen and oxygen atoms in total. The molecule has 0 radical (unpaired) electrons. The highest BCUT2D eigenvalue weighted by molar-refractivity contribution is 8.45. The molecule has 1 aliphatic rings. The second-order valence-corrected chi connectivity index (χ2v) is 11.7. The Bertz CT molecular complexity index is 1350. The van der Waals surface area contributed by atoms with Crippen molar-refractivity contribution in [1.29, 1.82) is 0 Å². The molecule has 0 saturated carbocycles. The van der Waals surface area contributed by atoms with Gasteiger partial charge in [0, 0.05) is 10.1 Å². The number of ether oxygens (including phenoxy) is 1. The fraction of sp³-hybridized carbons (Fsp3) is 0.368. The first-order chi connectivity index (χ1) is 16.5. The van der Waals surface area contributed by atoms with Gasteiger partial charge in [-0.3, -0.25) is 0 Å². The van der Waals surface area contributed by atoms with Crippen LogP contribution in [0.3, 0.4) is 0 Å². The van der Waals surface area contributed by atoms with Crippen molar-refractivity contribution in [1.82, 2.24) is 14.8 Å².